The van der Waals surface area contributed by atoms with Gasteiger partial charge in [-0.2, -0.15) is 13.2 Å². The fourth-order valence-electron chi connectivity index (χ4n) is 2.07. The first-order chi connectivity index (χ1) is 11.3. The van der Waals surface area contributed by atoms with E-state index in [2.05, 4.69) is 5.32 Å². The Morgan fingerprint density at radius 1 is 1.21 bits per heavy atom. The molecule has 0 heterocycles. The van der Waals surface area contributed by atoms with Crippen molar-refractivity contribution in [3.8, 4) is 5.75 Å². The standard InChI is InChI=1S/C16H13F4NO3/c1-24-14-5-3-11(6-10(14)8-22)21-15(23)9-2-4-13(17)12(7-9)16(18,19)20/h2-7,22H,8H2,1H3,(H,21,23). The second-order valence-corrected chi connectivity index (χ2v) is 4.83. The number of amides is 1. The molecule has 8 heteroatoms. The van der Waals surface area contributed by atoms with Gasteiger partial charge in [0.15, 0.2) is 0 Å². The van der Waals surface area contributed by atoms with E-state index in [-0.39, 0.29) is 17.9 Å². The van der Waals surface area contributed by atoms with Crippen molar-refractivity contribution in [2.24, 2.45) is 0 Å². The van der Waals surface area contributed by atoms with Crippen LogP contribution in [0.25, 0.3) is 0 Å². The molecule has 1 amide bonds. The maximum Gasteiger partial charge on any atom is 0.419 e. The molecular weight excluding hydrogens is 330 g/mol. The number of ether oxygens (including phenoxy) is 1. The molecule has 0 atom stereocenters. The van der Waals surface area contributed by atoms with Crippen molar-refractivity contribution in [1.29, 1.82) is 0 Å². The second kappa shape index (κ2) is 6.88. The van der Waals surface area contributed by atoms with Gasteiger partial charge in [0.05, 0.1) is 19.3 Å². The van der Waals surface area contributed by atoms with Gasteiger partial charge in [0.25, 0.3) is 5.91 Å². The van der Waals surface area contributed by atoms with Gasteiger partial charge in [-0.25, -0.2) is 4.39 Å². The summed E-state index contributed by atoms with van der Waals surface area (Å²) in [4.78, 5) is 12.1. The highest BCUT2D eigenvalue weighted by molar-refractivity contribution is 6.04. The van der Waals surface area contributed by atoms with E-state index in [4.69, 9.17) is 4.74 Å². The Labute approximate surface area is 134 Å². The average molecular weight is 343 g/mol. The smallest absolute Gasteiger partial charge is 0.419 e. The third-order valence-corrected chi connectivity index (χ3v) is 3.24. The average Bonchev–Trinajstić information content (AvgIpc) is 2.53. The van der Waals surface area contributed by atoms with E-state index < -0.39 is 23.5 Å². The van der Waals surface area contributed by atoms with E-state index in [1.807, 2.05) is 0 Å². The van der Waals surface area contributed by atoms with Crippen LogP contribution in [-0.4, -0.2) is 18.1 Å². The van der Waals surface area contributed by atoms with E-state index in [1.54, 1.807) is 0 Å². The van der Waals surface area contributed by atoms with Crippen molar-refractivity contribution in [1.82, 2.24) is 0 Å². The van der Waals surface area contributed by atoms with Crippen molar-refractivity contribution in [3.05, 3.63) is 58.9 Å². The SMILES string of the molecule is COc1ccc(NC(=O)c2ccc(F)c(C(F)(F)F)c2)cc1CO. The molecule has 2 N–H and O–H groups in total. The Kier molecular flexibility index (Phi) is 5.08. The number of rotatable bonds is 4. The molecule has 0 aliphatic heterocycles. The molecule has 0 bridgehead atoms. The molecule has 0 aliphatic carbocycles. The molecule has 0 saturated heterocycles. The summed E-state index contributed by atoms with van der Waals surface area (Å²) in [7, 11) is 1.41. The first-order valence-corrected chi connectivity index (χ1v) is 6.72. The van der Waals surface area contributed by atoms with Crippen molar-refractivity contribution in [2.75, 3.05) is 12.4 Å². The number of halogens is 4. The van der Waals surface area contributed by atoms with Crippen LogP contribution in [0, 0.1) is 5.82 Å². The van der Waals surface area contributed by atoms with Crippen molar-refractivity contribution < 1.29 is 32.2 Å². The van der Waals surface area contributed by atoms with E-state index in [0.29, 0.717) is 23.4 Å². The zero-order valence-electron chi connectivity index (χ0n) is 12.4. The Morgan fingerprint density at radius 3 is 2.50 bits per heavy atom. The van der Waals surface area contributed by atoms with Crippen molar-refractivity contribution in [3.63, 3.8) is 0 Å². The minimum Gasteiger partial charge on any atom is -0.496 e. The minimum absolute atomic E-state index is 0.253. The van der Waals surface area contributed by atoms with Crippen LogP contribution in [0.15, 0.2) is 36.4 Å². The van der Waals surface area contributed by atoms with Crippen LogP contribution in [0.5, 0.6) is 5.75 Å². The predicted octanol–water partition coefficient (Wildman–Crippen LogP) is 3.60. The number of aliphatic hydroxyl groups is 1. The zero-order chi connectivity index (χ0) is 17.9. The number of hydrogen-bond acceptors (Lipinski definition) is 3. The Bertz CT molecular complexity index is 759. The molecule has 2 aromatic rings. The van der Waals surface area contributed by atoms with Crippen molar-refractivity contribution in [2.45, 2.75) is 12.8 Å². The molecule has 4 nitrogen and oxygen atoms in total. The van der Waals surface area contributed by atoms with Gasteiger partial charge >= 0.3 is 6.18 Å². The van der Waals surface area contributed by atoms with Gasteiger partial charge in [0.2, 0.25) is 0 Å². The molecule has 24 heavy (non-hydrogen) atoms. The number of aliphatic hydroxyl groups excluding tert-OH is 1. The number of anilines is 1. The van der Waals surface area contributed by atoms with Crippen LogP contribution in [0.4, 0.5) is 23.2 Å². The summed E-state index contributed by atoms with van der Waals surface area (Å²) in [6, 6.07) is 6.37. The summed E-state index contributed by atoms with van der Waals surface area (Å²) in [5.41, 5.74) is -1.21. The summed E-state index contributed by atoms with van der Waals surface area (Å²) in [5.74, 6) is -1.89. The normalized spacial score (nSPS) is 11.2. The third kappa shape index (κ3) is 3.83. The van der Waals surface area contributed by atoms with Crippen LogP contribution >= 0.6 is 0 Å². The summed E-state index contributed by atoms with van der Waals surface area (Å²) < 4.78 is 56.3. The zero-order valence-corrected chi connectivity index (χ0v) is 12.4. The molecule has 0 aliphatic rings. The fourth-order valence-corrected chi connectivity index (χ4v) is 2.07. The number of hydrogen-bond donors (Lipinski definition) is 2. The summed E-state index contributed by atoms with van der Waals surface area (Å²) >= 11 is 0. The maximum absolute atomic E-state index is 13.2. The topological polar surface area (TPSA) is 58.6 Å². The Hall–Kier alpha value is -2.61. The Morgan fingerprint density at radius 2 is 1.92 bits per heavy atom. The van der Waals surface area contributed by atoms with E-state index in [9.17, 15) is 27.5 Å². The molecule has 0 fully saturated rings. The van der Waals surface area contributed by atoms with Gasteiger partial charge in [-0.3, -0.25) is 4.79 Å². The first kappa shape index (κ1) is 17.7. The predicted molar refractivity (Wildman–Crippen MR) is 78.3 cm³/mol. The highest BCUT2D eigenvalue weighted by Crippen LogP contribution is 2.32. The quantitative estimate of drug-likeness (QED) is 0.834. The molecule has 0 radical (unpaired) electrons. The highest BCUT2D eigenvalue weighted by Gasteiger charge is 2.34. The van der Waals surface area contributed by atoms with Gasteiger partial charge in [-0.15, -0.1) is 0 Å². The van der Waals surface area contributed by atoms with E-state index in [1.165, 1.54) is 25.3 Å². The number of carbonyl (C=O) groups excluding carboxylic acids is 1. The first-order valence-electron chi connectivity index (χ1n) is 6.72. The second-order valence-electron chi connectivity index (χ2n) is 4.83. The third-order valence-electron chi connectivity index (χ3n) is 3.24. The van der Waals surface area contributed by atoms with Crippen LogP contribution in [-0.2, 0) is 12.8 Å². The molecule has 0 spiro atoms. The lowest BCUT2D eigenvalue weighted by atomic mass is 10.1. The van der Waals surface area contributed by atoms with Crippen LogP contribution in [0.1, 0.15) is 21.5 Å². The number of carbonyl (C=O) groups is 1. The minimum atomic E-state index is -4.90. The fraction of sp³-hybridized carbons (Fsp3) is 0.188. The van der Waals surface area contributed by atoms with Crippen LogP contribution < -0.4 is 10.1 Å². The molecule has 0 unspecified atom stereocenters. The van der Waals surface area contributed by atoms with Gasteiger partial charge in [-0.05, 0) is 36.4 Å². The lowest BCUT2D eigenvalue weighted by molar-refractivity contribution is -0.140. The lowest BCUT2D eigenvalue weighted by Crippen LogP contribution is -2.15. The number of alkyl halides is 3. The van der Waals surface area contributed by atoms with Gasteiger partial charge in [-0.1, -0.05) is 0 Å². The van der Waals surface area contributed by atoms with E-state index >= 15 is 0 Å². The van der Waals surface area contributed by atoms with Gasteiger partial charge < -0.3 is 15.2 Å². The van der Waals surface area contributed by atoms with Gasteiger partial charge in [0, 0.05) is 16.8 Å². The summed E-state index contributed by atoms with van der Waals surface area (Å²) in [5, 5.41) is 11.6. The largest absolute Gasteiger partial charge is 0.496 e. The monoisotopic (exact) mass is 343 g/mol. The maximum atomic E-state index is 13.2. The molecule has 128 valence electrons. The number of nitrogens with one attached hydrogen (secondary N) is 1. The summed E-state index contributed by atoms with van der Waals surface area (Å²) in [6.45, 7) is -0.346. The van der Waals surface area contributed by atoms with E-state index in [0.717, 1.165) is 6.07 Å². The number of methoxy groups -OCH3 is 1. The van der Waals surface area contributed by atoms with Gasteiger partial charge in [0.1, 0.15) is 11.6 Å². The molecule has 2 rings (SSSR count). The molecule has 0 aromatic heterocycles. The molecule has 2 aromatic carbocycles. The van der Waals surface area contributed by atoms with Crippen LogP contribution in [0.3, 0.4) is 0 Å². The lowest BCUT2D eigenvalue weighted by Gasteiger charge is -2.12. The van der Waals surface area contributed by atoms with Crippen LogP contribution in [0.2, 0.25) is 0 Å². The summed E-state index contributed by atoms with van der Waals surface area (Å²) in [6.07, 6.45) is -4.90. The number of benzene rings is 2. The van der Waals surface area contributed by atoms with Crippen molar-refractivity contribution >= 4 is 11.6 Å². The molecule has 0 saturated carbocycles. The highest BCUT2D eigenvalue weighted by atomic mass is 19.4. The molecular formula is C16H13F4NO3. The Balaban J connectivity index is 2.27.